The van der Waals surface area contributed by atoms with Gasteiger partial charge >= 0.3 is 0 Å². The van der Waals surface area contributed by atoms with Gasteiger partial charge in [0.1, 0.15) is 12.3 Å². The van der Waals surface area contributed by atoms with Crippen LogP contribution in [0.2, 0.25) is 0 Å². The summed E-state index contributed by atoms with van der Waals surface area (Å²) in [6.07, 6.45) is 5.94. The van der Waals surface area contributed by atoms with Gasteiger partial charge in [-0.25, -0.2) is 15.0 Å². The molecular formula is C19H27N7O2. The first-order valence-corrected chi connectivity index (χ1v) is 9.41. The normalized spacial score (nSPS) is 14.9. The SMILES string of the molecule is CN(C)C(=O)CN=C(NCCc1ccco1)N1CCN(c2ncccn2)CC1. The number of piperazine rings is 1. The number of amides is 1. The lowest BCUT2D eigenvalue weighted by atomic mass is 10.3. The minimum atomic E-state index is -0.0262. The molecule has 0 saturated carbocycles. The van der Waals surface area contributed by atoms with Crippen LogP contribution in [0.15, 0.2) is 46.3 Å². The number of furan rings is 1. The van der Waals surface area contributed by atoms with E-state index in [0.717, 1.165) is 50.3 Å². The maximum atomic E-state index is 12.0. The van der Waals surface area contributed by atoms with Gasteiger partial charge in [-0.15, -0.1) is 0 Å². The zero-order valence-electron chi connectivity index (χ0n) is 16.4. The molecule has 0 bridgehead atoms. The van der Waals surface area contributed by atoms with Gasteiger partial charge in [0.05, 0.1) is 6.26 Å². The number of nitrogens with one attached hydrogen (secondary N) is 1. The van der Waals surface area contributed by atoms with Gasteiger partial charge in [0.15, 0.2) is 5.96 Å². The lowest BCUT2D eigenvalue weighted by molar-refractivity contribution is -0.127. The van der Waals surface area contributed by atoms with Crippen molar-refractivity contribution in [1.29, 1.82) is 0 Å². The van der Waals surface area contributed by atoms with Crippen molar-refractivity contribution in [3.63, 3.8) is 0 Å². The Kier molecular flexibility index (Phi) is 6.83. The second-order valence-electron chi connectivity index (χ2n) is 6.71. The van der Waals surface area contributed by atoms with Gasteiger partial charge < -0.3 is 24.4 Å². The van der Waals surface area contributed by atoms with Crippen molar-refractivity contribution in [2.45, 2.75) is 6.42 Å². The summed E-state index contributed by atoms with van der Waals surface area (Å²) in [6.45, 7) is 3.96. The van der Waals surface area contributed by atoms with Crippen LogP contribution in [0.1, 0.15) is 5.76 Å². The number of carbonyl (C=O) groups is 1. The van der Waals surface area contributed by atoms with E-state index in [-0.39, 0.29) is 12.5 Å². The zero-order valence-corrected chi connectivity index (χ0v) is 16.4. The minimum absolute atomic E-state index is 0.0262. The molecule has 150 valence electrons. The number of likely N-dealkylation sites (N-methyl/N-ethyl adjacent to an activating group) is 1. The molecule has 0 aliphatic carbocycles. The van der Waals surface area contributed by atoms with E-state index in [9.17, 15) is 4.79 Å². The van der Waals surface area contributed by atoms with E-state index in [1.54, 1.807) is 37.7 Å². The van der Waals surface area contributed by atoms with Crippen molar-refractivity contribution >= 4 is 17.8 Å². The summed E-state index contributed by atoms with van der Waals surface area (Å²) in [5.74, 6) is 2.38. The van der Waals surface area contributed by atoms with Gasteiger partial charge in [0, 0.05) is 65.6 Å². The summed E-state index contributed by atoms with van der Waals surface area (Å²) in [5.41, 5.74) is 0. The van der Waals surface area contributed by atoms with Gasteiger partial charge in [-0.2, -0.15) is 0 Å². The predicted octanol–water partition coefficient (Wildman–Crippen LogP) is 0.468. The van der Waals surface area contributed by atoms with E-state index >= 15 is 0 Å². The molecule has 0 unspecified atom stereocenters. The smallest absolute Gasteiger partial charge is 0.243 e. The van der Waals surface area contributed by atoms with Crippen molar-refractivity contribution in [1.82, 2.24) is 25.1 Å². The molecule has 3 rings (SSSR count). The van der Waals surface area contributed by atoms with Crippen molar-refractivity contribution in [3.05, 3.63) is 42.6 Å². The first-order valence-electron chi connectivity index (χ1n) is 9.41. The summed E-state index contributed by atoms with van der Waals surface area (Å²) in [6, 6.07) is 5.65. The molecule has 0 aromatic carbocycles. The molecule has 0 spiro atoms. The van der Waals surface area contributed by atoms with E-state index in [1.165, 1.54) is 0 Å². The number of aliphatic imine (C=N–C) groups is 1. The highest BCUT2D eigenvalue weighted by atomic mass is 16.3. The van der Waals surface area contributed by atoms with Crippen LogP contribution in [0.4, 0.5) is 5.95 Å². The Hall–Kier alpha value is -3.10. The fraction of sp³-hybridized carbons (Fsp3) is 0.474. The number of aromatic nitrogens is 2. The average Bonchev–Trinajstić information content (AvgIpc) is 3.24. The van der Waals surface area contributed by atoms with Gasteiger partial charge in [0.25, 0.3) is 0 Å². The Morgan fingerprint density at radius 2 is 1.96 bits per heavy atom. The van der Waals surface area contributed by atoms with Crippen LogP contribution < -0.4 is 10.2 Å². The van der Waals surface area contributed by atoms with Crippen LogP contribution in [0.25, 0.3) is 0 Å². The molecule has 0 radical (unpaired) electrons. The van der Waals surface area contributed by atoms with Crippen LogP contribution in [0.3, 0.4) is 0 Å². The molecule has 9 nitrogen and oxygen atoms in total. The second-order valence-corrected chi connectivity index (χ2v) is 6.71. The molecule has 0 atom stereocenters. The third-order valence-electron chi connectivity index (χ3n) is 4.51. The summed E-state index contributed by atoms with van der Waals surface area (Å²) < 4.78 is 5.38. The highest BCUT2D eigenvalue weighted by molar-refractivity contribution is 5.85. The van der Waals surface area contributed by atoms with E-state index < -0.39 is 0 Å². The van der Waals surface area contributed by atoms with Crippen molar-refractivity contribution in [2.24, 2.45) is 4.99 Å². The highest BCUT2D eigenvalue weighted by Crippen LogP contribution is 2.10. The molecule has 2 aromatic rings. The van der Waals surface area contributed by atoms with Crippen molar-refractivity contribution in [2.75, 3.05) is 58.3 Å². The number of nitrogens with zero attached hydrogens (tertiary/aromatic N) is 6. The fourth-order valence-electron chi connectivity index (χ4n) is 2.88. The highest BCUT2D eigenvalue weighted by Gasteiger charge is 2.21. The summed E-state index contributed by atoms with van der Waals surface area (Å²) in [4.78, 5) is 31.0. The standard InChI is InChI=1S/C19H27N7O2/c1-24(2)17(27)15-23-19(22-9-6-16-5-3-14-28-16)26-12-10-25(11-13-26)18-20-7-4-8-21-18/h3-5,7-8,14H,6,9-13,15H2,1-2H3,(H,22,23). The lowest BCUT2D eigenvalue weighted by Gasteiger charge is -2.36. The van der Waals surface area contributed by atoms with Gasteiger partial charge in [-0.3, -0.25) is 4.79 Å². The van der Waals surface area contributed by atoms with E-state index in [0.29, 0.717) is 6.54 Å². The number of carbonyl (C=O) groups excluding carboxylic acids is 1. The minimum Gasteiger partial charge on any atom is -0.469 e. The maximum Gasteiger partial charge on any atom is 0.243 e. The molecule has 1 saturated heterocycles. The van der Waals surface area contributed by atoms with Crippen molar-refractivity contribution in [3.8, 4) is 0 Å². The molecule has 1 amide bonds. The van der Waals surface area contributed by atoms with E-state index in [2.05, 4.69) is 30.1 Å². The van der Waals surface area contributed by atoms with E-state index in [1.807, 2.05) is 18.2 Å². The molecule has 3 heterocycles. The molecular weight excluding hydrogens is 358 g/mol. The summed E-state index contributed by atoms with van der Waals surface area (Å²) in [7, 11) is 3.47. The average molecular weight is 385 g/mol. The number of hydrogen-bond acceptors (Lipinski definition) is 6. The van der Waals surface area contributed by atoms with Crippen molar-refractivity contribution < 1.29 is 9.21 Å². The van der Waals surface area contributed by atoms with Crippen LogP contribution in [-0.2, 0) is 11.2 Å². The Bertz CT molecular complexity index is 754. The molecule has 1 N–H and O–H groups in total. The zero-order chi connectivity index (χ0) is 19.8. The third kappa shape index (κ3) is 5.45. The summed E-state index contributed by atoms with van der Waals surface area (Å²) >= 11 is 0. The Morgan fingerprint density at radius 1 is 1.21 bits per heavy atom. The number of anilines is 1. The maximum absolute atomic E-state index is 12.0. The number of guanidine groups is 1. The second kappa shape index (κ2) is 9.72. The van der Waals surface area contributed by atoms with Gasteiger partial charge in [-0.1, -0.05) is 0 Å². The largest absolute Gasteiger partial charge is 0.469 e. The quantitative estimate of drug-likeness (QED) is 0.571. The molecule has 28 heavy (non-hydrogen) atoms. The van der Waals surface area contributed by atoms with Crippen LogP contribution in [0, 0.1) is 0 Å². The predicted molar refractivity (Wildman–Crippen MR) is 107 cm³/mol. The third-order valence-corrected chi connectivity index (χ3v) is 4.51. The number of hydrogen-bond donors (Lipinski definition) is 1. The Morgan fingerprint density at radius 3 is 2.61 bits per heavy atom. The van der Waals surface area contributed by atoms with Crippen LogP contribution in [0.5, 0.6) is 0 Å². The first-order chi connectivity index (χ1) is 13.6. The molecule has 2 aromatic heterocycles. The Labute approximate surface area is 165 Å². The molecule has 1 fully saturated rings. The Balaban J connectivity index is 1.59. The molecule has 1 aliphatic rings. The van der Waals surface area contributed by atoms with Gasteiger partial charge in [-0.05, 0) is 18.2 Å². The molecule has 9 heteroatoms. The fourth-order valence-corrected chi connectivity index (χ4v) is 2.88. The molecule has 1 aliphatic heterocycles. The number of rotatable bonds is 6. The topological polar surface area (TPSA) is 90.1 Å². The van der Waals surface area contributed by atoms with Crippen LogP contribution >= 0.6 is 0 Å². The summed E-state index contributed by atoms with van der Waals surface area (Å²) in [5, 5.41) is 3.37. The van der Waals surface area contributed by atoms with Gasteiger partial charge in [0.2, 0.25) is 11.9 Å². The lowest BCUT2D eigenvalue weighted by Crippen LogP contribution is -2.53. The monoisotopic (exact) mass is 385 g/mol. The first kappa shape index (κ1) is 19.7. The van der Waals surface area contributed by atoms with E-state index in [4.69, 9.17) is 4.42 Å². The van der Waals surface area contributed by atoms with Crippen LogP contribution in [-0.4, -0.2) is 85.0 Å².